The lowest BCUT2D eigenvalue weighted by Crippen LogP contribution is -2.34. The van der Waals surface area contributed by atoms with Crippen molar-refractivity contribution in [3.63, 3.8) is 0 Å². The summed E-state index contributed by atoms with van der Waals surface area (Å²) in [4.78, 5) is 14.6. The number of nitrogens with zero attached hydrogens (tertiary/aromatic N) is 3. The van der Waals surface area contributed by atoms with Gasteiger partial charge in [-0.15, -0.1) is 5.10 Å². The van der Waals surface area contributed by atoms with Crippen LogP contribution in [0.1, 0.15) is 22.3 Å². The average molecular weight is 292 g/mol. The SMILES string of the molecule is CCc1nnsc1C(=O)N(CCO)c1ccccc1N. The van der Waals surface area contributed by atoms with Crippen molar-refractivity contribution < 1.29 is 9.90 Å². The van der Waals surface area contributed by atoms with E-state index in [1.807, 2.05) is 6.92 Å². The first-order chi connectivity index (χ1) is 9.69. The zero-order valence-corrected chi connectivity index (χ0v) is 11.9. The van der Waals surface area contributed by atoms with E-state index in [0.717, 1.165) is 11.5 Å². The maximum Gasteiger partial charge on any atom is 0.272 e. The van der Waals surface area contributed by atoms with E-state index in [1.54, 1.807) is 24.3 Å². The van der Waals surface area contributed by atoms with Crippen LogP contribution in [0.3, 0.4) is 0 Å². The highest BCUT2D eigenvalue weighted by molar-refractivity contribution is 7.08. The number of carbonyl (C=O) groups excluding carboxylic acids is 1. The average Bonchev–Trinajstić information content (AvgIpc) is 2.93. The number of aliphatic hydroxyl groups excluding tert-OH is 1. The quantitative estimate of drug-likeness (QED) is 0.811. The van der Waals surface area contributed by atoms with Crippen LogP contribution in [0, 0.1) is 0 Å². The fourth-order valence-corrected chi connectivity index (χ4v) is 2.59. The maximum atomic E-state index is 12.6. The number of rotatable bonds is 5. The van der Waals surface area contributed by atoms with Gasteiger partial charge in [0.2, 0.25) is 0 Å². The first kappa shape index (κ1) is 14.4. The Balaban J connectivity index is 2.39. The van der Waals surface area contributed by atoms with Crippen LogP contribution < -0.4 is 10.6 Å². The minimum absolute atomic E-state index is 0.145. The van der Waals surface area contributed by atoms with E-state index < -0.39 is 0 Å². The van der Waals surface area contributed by atoms with E-state index in [2.05, 4.69) is 9.59 Å². The molecule has 0 spiro atoms. The van der Waals surface area contributed by atoms with Crippen LogP contribution in [0.5, 0.6) is 0 Å². The molecular formula is C13H16N4O2S. The molecule has 2 aromatic rings. The van der Waals surface area contributed by atoms with Crippen LogP contribution in [0.25, 0.3) is 0 Å². The number of hydrogen-bond donors (Lipinski definition) is 2. The number of aromatic nitrogens is 2. The third kappa shape index (κ3) is 2.78. The lowest BCUT2D eigenvalue weighted by atomic mass is 10.2. The molecular weight excluding hydrogens is 276 g/mol. The smallest absolute Gasteiger partial charge is 0.272 e. The van der Waals surface area contributed by atoms with Gasteiger partial charge in [-0.2, -0.15) is 0 Å². The maximum absolute atomic E-state index is 12.6. The molecule has 1 aromatic heterocycles. The molecule has 0 radical (unpaired) electrons. The van der Waals surface area contributed by atoms with Gasteiger partial charge in [0.1, 0.15) is 4.88 Å². The molecule has 1 heterocycles. The molecule has 1 amide bonds. The molecule has 0 aliphatic rings. The van der Waals surface area contributed by atoms with Crippen molar-refractivity contribution in [2.24, 2.45) is 0 Å². The van der Waals surface area contributed by atoms with Crippen molar-refractivity contribution in [1.29, 1.82) is 0 Å². The second-order valence-corrected chi connectivity index (χ2v) is 4.90. The summed E-state index contributed by atoms with van der Waals surface area (Å²) in [7, 11) is 0. The number of anilines is 2. The molecule has 6 nitrogen and oxygen atoms in total. The zero-order valence-electron chi connectivity index (χ0n) is 11.1. The highest BCUT2D eigenvalue weighted by Crippen LogP contribution is 2.25. The standard InChI is InChI=1S/C13H16N4O2S/c1-2-10-12(20-16-15-10)13(19)17(7-8-18)11-6-4-3-5-9(11)14/h3-6,18H,2,7-8,14H2,1H3. The van der Waals surface area contributed by atoms with Gasteiger partial charge in [-0.05, 0) is 30.1 Å². The molecule has 2 rings (SSSR count). The number of carbonyl (C=O) groups is 1. The molecule has 1 aromatic carbocycles. The Morgan fingerprint density at radius 1 is 1.45 bits per heavy atom. The van der Waals surface area contributed by atoms with Gasteiger partial charge >= 0.3 is 0 Å². The Bertz CT molecular complexity index is 600. The van der Waals surface area contributed by atoms with E-state index in [4.69, 9.17) is 5.73 Å². The number of hydrogen-bond acceptors (Lipinski definition) is 6. The van der Waals surface area contributed by atoms with Crippen LogP contribution in [-0.2, 0) is 6.42 Å². The van der Waals surface area contributed by atoms with Crippen LogP contribution in [-0.4, -0.2) is 33.8 Å². The van der Waals surface area contributed by atoms with Crippen molar-refractivity contribution in [2.75, 3.05) is 23.8 Å². The molecule has 20 heavy (non-hydrogen) atoms. The van der Waals surface area contributed by atoms with Crippen LogP contribution in [0.2, 0.25) is 0 Å². The summed E-state index contributed by atoms with van der Waals surface area (Å²) in [5, 5.41) is 13.1. The predicted molar refractivity (Wildman–Crippen MR) is 78.9 cm³/mol. The van der Waals surface area contributed by atoms with Gasteiger partial charge in [0.15, 0.2) is 0 Å². The second-order valence-electron chi connectivity index (χ2n) is 4.14. The summed E-state index contributed by atoms with van der Waals surface area (Å²) in [6.45, 7) is 1.95. The molecule has 7 heteroatoms. The fraction of sp³-hybridized carbons (Fsp3) is 0.308. The van der Waals surface area contributed by atoms with E-state index in [1.165, 1.54) is 4.90 Å². The van der Waals surface area contributed by atoms with E-state index in [-0.39, 0.29) is 19.1 Å². The van der Waals surface area contributed by atoms with E-state index in [9.17, 15) is 9.90 Å². The van der Waals surface area contributed by atoms with Gasteiger partial charge < -0.3 is 15.7 Å². The molecule has 0 aliphatic heterocycles. The van der Waals surface area contributed by atoms with Crippen LogP contribution in [0.4, 0.5) is 11.4 Å². The Labute approximate surface area is 121 Å². The monoisotopic (exact) mass is 292 g/mol. The third-order valence-corrected chi connectivity index (χ3v) is 3.64. The van der Waals surface area contributed by atoms with Gasteiger partial charge in [-0.25, -0.2) is 0 Å². The van der Waals surface area contributed by atoms with Gasteiger partial charge in [0.25, 0.3) is 5.91 Å². The number of nitrogens with two attached hydrogens (primary N) is 1. The Morgan fingerprint density at radius 3 is 2.85 bits per heavy atom. The predicted octanol–water partition coefficient (Wildman–Crippen LogP) is 1.32. The largest absolute Gasteiger partial charge is 0.397 e. The number of amides is 1. The molecule has 0 bridgehead atoms. The van der Waals surface area contributed by atoms with Gasteiger partial charge in [-0.1, -0.05) is 23.5 Å². The lowest BCUT2D eigenvalue weighted by Gasteiger charge is -2.22. The van der Waals surface area contributed by atoms with E-state index in [0.29, 0.717) is 28.4 Å². The summed E-state index contributed by atoms with van der Waals surface area (Å²) in [5.74, 6) is -0.233. The topological polar surface area (TPSA) is 92.3 Å². The van der Waals surface area contributed by atoms with Crippen LogP contribution in [0.15, 0.2) is 24.3 Å². The number of aryl methyl sites for hydroxylation is 1. The van der Waals surface area contributed by atoms with Crippen molar-refractivity contribution in [3.8, 4) is 0 Å². The number of nitrogen functional groups attached to an aromatic ring is 1. The number of aliphatic hydroxyl groups is 1. The van der Waals surface area contributed by atoms with Crippen molar-refractivity contribution in [1.82, 2.24) is 9.59 Å². The minimum Gasteiger partial charge on any atom is -0.397 e. The van der Waals surface area contributed by atoms with Gasteiger partial charge in [-0.3, -0.25) is 4.79 Å². The molecule has 3 N–H and O–H groups in total. The summed E-state index contributed by atoms with van der Waals surface area (Å²) in [5.41, 5.74) is 7.65. The van der Waals surface area contributed by atoms with Crippen molar-refractivity contribution in [2.45, 2.75) is 13.3 Å². The fourth-order valence-electron chi connectivity index (χ4n) is 1.89. The normalized spacial score (nSPS) is 10.5. The molecule has 0 atom stereocenters. The molecule has 106 valence electrons. The zero-order chi connectivity index (χ0) is 14.5. The summed E-state index contributed by atoms with van der Waals surface area (Å²) in [6, 6.07) is 7.07. The second kappa shape index (κ2) is 6.44. The van der Waals surface area contributed by atoms with Crippen molar-refractivity contribution in [3.05, 3.63) is 34.8 Å². The summed E-state index contributed by atoms with van der Waals surface area (Å²) < 4.78 is 3.82. The van der Waals surface area contributed by atoms with Crippen LogP contribution >= 0.6 is 11.5 Å². The Hall–Kier alpha value is -1.99. The molecule has 0 saturated carbocycles. The summed E-state index contributed by atoms with van der Waals surface area (Å²) in [6.07, 6.45) is 0.634. The highest BCUT2D eigenvalue weighted by atomic mass is 32.1. The molecule has 0 saturated heterocycles. The highest BCUT2D eigenvalue weighted by Gasteiger charge is 2.23. The molecule has 0 aliphatic carbocycles. The number of benzene rings is 1. The Morgan fingerprint density at radius 2 is 2.20 bits per heavy atom. The number of para-hydroxylation sites is 2. The minimum atomic E-state index is -0.233. The van der Waals surface area contributed by atoms with Crippen molar-refractivity contribution >= 4 is 28.8 Å². The third-order valence-electron chi connectivity index (χ3n) is 2.88. The Kier molecular flexibility index (Phi) is 4.65. The van der Waals surface area contributed by atoms with Gasteiger partial charge in [0, 0.05) is 6.54 Å². The summed E-state index contributed by atoms with van der Waals surface area (Å²) >= 11 is 1.06. The lowest BCUT2D eigenvalue weighted by molar-refractivity contribution is 0.0984. The molecule has 0 fully saturated rings. The first-order valence-corrected chi connectivity index (χ1v) is 7.04. The van der Waals surface area contributed by atoms with E-state index >= 15 is 0 Å². The van der Waals surface area contributed by atoms with Gasteiger partial charge in [0.05, 0.1) is 23.7 Å². The molecule has 0 unspecified atom stereocenters. The first-order valence-electron chi connectivity index (χ1n) is 6.27.